The molecule has 0 aliphatic carbocycles. The highest BCUT2D eigenvalue weighted by Gasteiger charge is 2.25. The van der Waals surface area contributed by atoms with Crippen LogP contribution in [0.5, 0.6) is 0 Å². The van der Waals surface area contributed by atoms with Crippen LogP contribution in [0.15, 0.2) is 17.3 Å². The standard InChI is InChI=1S/C16H28ClN5O2S.HI/c1-18-16(21(3)12-15-9-14(17)11-20(15)2)19-10-13-5-7-22(8-6-13)25(4,23)24;/h9,11,13H,5-8,10,12H2,1-4H3,(H,18,19);1H. The first-order valence-electron chi connectivity index (χ1n) is 8.38. The van der Waals surface area contributed by atoms with E-state index in [1.165, 1.54) is 6.26 Å². The van der Waals surface area contributed by atoms with Crippen molar-refractivity contribution in [3.05, 3.63) is 23.0 Å². The van der Waals surface area contributed by atoms with Crippen LogP contribution in [-0.4, -0.2) is 68.1 Å². The first kappa shape index (κ1) is 23.5. The van der Waals surface area contributed by atoms with Crippen molar-refractivity contribution in [2.45, 2.75) is 19.4 Å². The summed E-state index contributed by atoms with van der Waals surface area (Å²) in [6.07, 6.45) is 4.90. The molecule has 1 fully saturated rings. The zero-order chi connectivity index (χ0) is 18.6. The Hall–Kier alpha value is -0.520. The Morgan fingerprint density at radius 3 is 2.50 bits per heavy atom. The zero-order valence-electron chi connectivity index (χ0n) is 15.8. The lowest BCUT2D eigenvalue weighted by Gasteiger charge is -2.31. The van der Waals surface area contributed by atoms with Gasteiger partial charge in [-0.25, -0.2) is 12.7 Å². The van der Waals surface area contributed by atoms with E-state index in [1.807, 2.05) is 30.9 Å². The number of sulfonamides is 1. The Balaban J connectivity index is 0.00000338. The number of hydrogen-bond donors (Lipinski definition) is 1. The maximum Gasteiger partial charge on any atom is 0.211 e. The van der Waals surface area contributed by atoms with Crippen molar-refractivity contribution in [3.63, 3.8) is 0 Å². The molecule has 0 unspecified atom stereocenters. The van der Waals surface area contributed by atoms with Gasteiger partial charge in [0.25, 0.3) is 0 Å². The highest BCUT2D eigenvalue weighted by atomic mass is 127. The van der Waals surface area contributed by atoms with E-state index in [4.69, 9.17) is 11.6 Å². The van der Waals surface area contributed by atoms with E-state index in [0.29, 0.717) is 25.6 Å². The monoisotopic (exact) mass is 517 g/mol. The molecular weight excluding hydrogens is 489 g/mol. The number of aliphatic imine (C=N–C) groups is 1. The van der Waals surface area contributed by atoms with Gasteiger partial charge in [-0.15, -0.1) is 24.0 Å². The molecule has 10 heteroatoms. The fourth-order valence-corrected chi connectivity index (χ4v) is 4.25. The predicted octanol–water partition coefficient (Wildman–Crippen LogP) is 1.98. The third kappa shape index (κ3) is 6.58. The number of aryl methyl sites for hydroxylation is 1. The van der Waals surface area contributed by atoms with Crippen molar-refractivity contribution in [3.8, 4) is 0 Å². The van der Waals surface area contributed by atoms with Gasteiger partial charge in [-0.05, 0) is 24.8 Å². The largest absolute Gasteiger partial charge is 0.356 e. The van der Waals surface area contributed by atoms with E-state index in [1.54, 1.807) is 11.4 Å². The minimum absolute atomic E-state index is 0. The third-order valence-electron chi connectivity index (χ3n) is 4.64. The number of hydrogen-bond acceptors (Lipinski definition) is 3. The van der Waals surface area contributed by atoms with Crippen molar-refractivity contribution >= 4 is 51.6 Å². The molecule has 2 heterocycles. The van der Waals surface area contributed by atoms with E-state index < -0.39 is 10.0 Å². The molecule has 0 bridgehead atoms. The fraction of sp³-hybridized carbons (Fsp3) is 0.688. The lowest BCUT2D eigenvalue weighted by Crippen LogP contribution is -2.44. The van der Waals surface area contributed by atoms with Gasteiger partial charge in [0.15, 0.2) is 5.96 Å². The average molecular weight is 518 g/mol. The number of aromatic nitrogens is 1. The van der Waals surface area contributed by atoms with Crippen molar-refractivity contribution in [2.24, 2.45) is 18.0 Å². The van der Waals surface area contributed by atoms with Crippen molar-refractivity contribution < 1.29 is 8.42 Å². The maximum atomic E-state index is 11.6. The summed E-state index contributed by atoms with van der Waals surface area (Å²) in [6, 6.07) is 1.95. The summed E-state index contributed by atoms with van der Waals surface area (Å²) in [5.74, 6) is 1.27. The minimum atomic E-state index is -3.07. The molecular formula is C16H29ClIN5O2S. The van der Waals surface area contributed by atoms with Gasteiger partial charge in [-0.2, -0.15) is 0 Å². The van der Waals surface area contributed by atoms with Crippen LogP contribution in [0.4, 0.5) is 0 Å². The predicted molar refractivity (Wildman–Crippen MR) is 118 cm³/mol. The summed E-state index contributed by atoms with van der Waals surface area (Å²) >= 11 is 6.04. The van der Waals surface area contributed by atoms with Crippen LogP contribution >= 0.6 is 35.6 Å². The number of nitrogens with one attached hydrogen (secondary N) is 1. The van der Waals surface area contributed by atoms with E-state index in [0.717, 1.165) is 36.1 Å². The molecule has 1 aliphatic heterocycles. The molecule has 0 aromatic carbocycles. The van der Waals surface area contributed by atoms with Gasteiger partial charge < -0.3 is 14.8 Å². The molecule has 7 nitrogen and oxygen atoms in total. The molecule has 26 heavy (non-hydrogen) atoms. The number of halogens is 2. The quantitative estimate of drug-likeness (QED) is 0.368. The fourth-order valence-electron chi connectivity index (χ4n) is 3.11. The van der Waals surface area contributed by atoms with Gasteiger partial charge in [0.1, 0.15) is 0 Å². The lowest BCUT2D eigenvalue weighted by molar-refractivity contribution is 0.273. The first-order chi connectivity index (χ1) is 11.7. The van der Waals surface area contributed by atoms with Crippen LogP contribution in [-0.2, 0) is 23.6 Å². The van der Waals surface area contributed by atoms with Gasteiger partial charge in [-0.1, -0.05) is 11.6 Å². The molecule has 0 spiro atoms. The van der Waals surface area contributed by atoms with Crippen LogP contribution in [0.3, 0.4) is 0 Å². The Labute approximate surface area is 178 Å². The van der Waals surface area contributed by atoms with Crippen LogP contribution in [0.1, 0.15) is 18.5 Å². The van der Waals surface area contributed by atoms with Crippen molar-refractivity contribution in [1.82, 2.24) is 19.1 Å². The lowest BCUT2D eigenvalue weighted by atomic mass is 9.98. The molecule has 1 aromatic rings. The smallest absolute Gasteiger partial charge is 0.211 e. The summed E-state index contributed by atoms with van der Waals surface area (Å²) in [6.45, 7) is 2.70. The van der Waals surface area contributed by atoms with Gasteiger partial charge in [0, 0.05) is 52.7 Å². The summed E-state index contributed by atoms with van der Waals surface area (Å²) in [7, 11) is 2.66. The van der Waals surface area contributed by atoms with Crippen LogP contribution in [0, 0.1) is 5.92 Å². The summed E-state index contributed by atoms with van der Waals surface area (Å²) in [4.78, 5) is 6.39. The van der Waals surface area contributed by atoms with Crippen LogP contribution in [0.25, 0.3) is 0 Å². The molecule has 1 N–H and O–H groups in total. The SMILES string of the molecule is CN=C(NCC1CCN(S(C)(=O)=O)CC1)N(C)Cc1cc(Cl)cn1C.I. The Morgan fingerprint density at radius 2 is 2.04 bits per heavy atom. The first-order valence-corrected chi connectivity index (χ1v) is 10.6. The summed E-state index contributed by atoms with van der Waals surface area (Å²) in [5, 5.41) is 4.13. The second kappa shape index (κ2) is 10.1. The Morgan fingerprint density at radius 1 is 1.42 bits per heavy atom. The Kier molecular flexibility index (Phi) is 9.17. The van der Waals surface area contributed by atoms with Crippen LogP contribution in [0.2, 0.25) is 5.02 Å². The third-order valence-corrected chi connectivity index (χ3v) is 6.15. The van der Waals surface area contributed by atoms with E-state index in [-0.39, 0.29) is 24.0 Å². The van der Waals surface area contributed by atoms with Crippen LogP contribution < -0.4 is 5.32 Å². The number of nitrogens with zero attached hydrogens (tertiary/aromatic N) is 4. The van der Waals surface area contributed by atoms with E-state index in [9.17, 15) is 8.42 Å². The van der Waals surface area contributed by atoms with Crippen molar-refractivity contribution in [2.75, 3.05) is 40.0 Å². The molecule has 2 rings (SSSR count). The summed E-state index contributed by atoms with van der Waals surface area (Å²) in [5.41, 5.74) is 1.11. The second-order valence-corrected chi connectivity index (χ2v) is 9.07. The normalized spacial score (nSPS) is 17.0. The number of guanidine groups is 1. The minimum Gasteiger partial charge on any atom is -0.356 e. The second-order valence-electron chi connectivity index (χ2n) is 6.65. The molecule has 0 amide bonds. The summed E-state index contributed by atoms with van der Waals surface area (Å²) < 4.78 is 26.7. The highest BCUT2D eigenvalue weighted by molar-refractivity contribution is 14.0. The zero-order valence-corrected chi connectivity index (χ0v) is 19.7. The number of piperidine rings is 1. The number of rotatable bonds is 5. The molecule has 0 saturated carbocycles. The highest BCUT2D eigenvalue weighted by Crippen LogP contribution is 2.18. The molecule has 1 aromatic heterocycles. The van der Waals surface area contributed by atoms with E-state index >= 15 is 0 Å². The van der Waals surface area contributed by atoms with Gasteiger partial charge >= 0.3 is 0 Å². The molecule has 0 atom stereocenters. The molecule has 0 radical (unpaired) electrons. The Bertz CT molecular complexity index is 714. The van der Waals surface area contributed by atoms with Gasteiger partial charge in [-0.3, -0.25) is 4.99 Å². The van der Waals surface area contributed by atoms with E-state index in [2.05, 4.69) is 15.2 Å². The molecule has 150 valence electrons. The molecule has 1 saturated heterocycles. The average Bonchev–Trinajstić information content (AvgIpc) is 2.85. The van der Waals surface area contributed by atoms with Gasteiger partial charge in [0.2, 0.25) is 10.0 Å². The maximum absolute atomic E-state index is 11.6. The van der Waals surface area contributed by atoms with Gasteiger partial charge in [0.05, 0.1) is 17.8 Å². The molecule has 1 aliphatic rings. The topological polar surface area (TPSA) is 69.9 Å². The van der Waals surface area contributed by atoms with Crippen molar-refractivity contribution in [1.29, 1.82) is 0 Å².